The molecule has 16 nitrogen and oxygen atoms in total. The predicted molar refractivity (Wildman–Crippen MR) is 406 cm³/mol. The highest BCUT2D eigenvalue weighted by atomic mass is 16.6. The minimum atomic E-state index is -0.606. The van der Waals surface area contributed by atoms with Crippen LogP contribution in [-0.4, -0.2) is 61.6 Å². The second-order valence-electron chi connectivity index (χ2n) is 25.2. The van der Waals surface area contributed by atoms with Crippen LogP contribution in [0, 0.1) is 13.8 Å². The number of benzene rings is 12. The first kappa shape index (κ1) is 74.6. The molecule has 0 saturated carbocycles. The van der Waals surface area contributed by atoms with Crippen molar-refractivity contribution in [2.24, 2.45) is 0 Å². The first-order chi connectivity index (χ1) is 51.7. The van der Waals surface area contributed by atoms with Gasteiger partial charge in [0, 0.05) is 29.9 Å². The van der Waals surface area contributed by atoms with Gasteiger partial charge in [0.15, 0.2) is 11.6 Å². The molecule has 0 N–H and O–H groups in total. The van der Waals surface area contributed by atoms with E-state index in [0.717, 1.165) is 56.0 Å². The van der Waals surface area contributed by atoms with Gasteiger partial charge in [0.05, 0.1) is 47.6 Å². The maximum Gasteiger partial charge on any atom is 0.343 e. The molecule has 0 aromatic heterocycles. The van der Waals surface area contributed by atoms with Gasteiger partial charge in [-0.05, 0) is 229 Å². The summed E-state index contributed by atoms with van der Waals surface area (Å²) in [7, 11) is 3.28. The van der Waals surface area contributed by atoms with Crippen LogP contribution in [0.25, 0.3) is 0 Å². The van der Waals surface area contributed by atoms with E-state index in [-0.39, 0.29) is 34.2 Å². The number of Topliss-reactive ketones (excluding diaryl/α,β-unsaturated/α-hetero) is 2. The smallest absolute Gasteiger partial charge is 0.343 e. The van der Waals surface area contributed by atoms with E-state index in [0.29, 0.717) is 92.7 Å². The van der Waals surface area contributed by atoms with Gasteiger partial charge in [-0.2, -0.15) is 0 Å². The predicted octanol–water partition coefficient (Wildman–Crippen LogP) is 18.7. The molecular weight excluding hydrogens is 1350 g/mol. The molecular formula is C91H74O16. The number of hydrogen-bond donors (Lipinski definition) is 0. The van der Waals surface area contributed by atoms with E-state index in [2.05, 4.69) is 19.1 Å². The SMILES string of the molecule is COc1ccc(C(C)c2ccc(OC(=O)c3ccc(C(=O)Oc4ccc(Cc5ccc(OC(=O)c6ccc(C(C)=O)cc6)cc5)cc4)cc3)c(C)c2)cc1C.COc1ccc(Cc2ccccc2OC(=O)c2ccc(C(=O)Oc3ccccc3Cc3ccccc3OC(=O)c3ccc(C(C)=O)cc3)cc2)cc1. The zero-order chi connectivity index (χ0) is 75.5. The van der Waals surface area contributed by atoms with Crippen molar-refractivity contribution in [1.82, 2.24) is 0 Å². The zero-order valence-corrected chi connectivity index (χ0v) is 59.8. The molecule has 534 valence electrons. The lowest BCUT2D eigenvalue weighted by Crippen LogP contribution is -2.13. The lowest BCUT2D eigenvalue weighted by Gasteiger charge is -2.16. The first-order valence-electron chi connectivity index (χ1n) is 34.3. The van der Waals surface area contributed by atoms with Crippen LogP contribution < -0.4 is 37.9 Å². The second-order valence-corrected chi connectivity index (χ2v) is 25.2. The molecule has 16 heteroatoms. The van der Waals surface area contributed by atoms with Gasteiger partial charge in [-0.3, -0.25) is 9.59 Å². The Balaban J connectivity index is 0.000000214. The van der Waals surface area contributed by atoms with Crippen molar-refractivity contribution in [2.75, 3.05) is 14.2 Å². The lowest BCUT2D eigenvalue weighted by molar-refractivity contribution is 0.0719. The topological polar surface area (TPSA) is 210 Å². The van der Waals surface area contributed by atoms with Crippen LogP contribution in [0.1, 0.15) is 165 Å². The van der Waals surface area contributed by atoms with Gasteiger partial charge in [0.2, 0.25) is 0 Å². The Morgan fingerprint density at radius 3 is 0.869 bits per heavy atom. The Morgan fingerprint density at radius 1 is 0.271 bits per heavy atom. The fourth-order valence-electron chi connectivity index (χ4n) is 11.6. The lowest BCUT2D eigenvalue weighted by atomic mass is 9.91. The van der Waals surface area contributed by atoms with Crippen molar-refractivity contribution in [3.63, 3.8) is 0 Å². The summed E-state index contributed by atoms with van der Waals surface area (Å²) in [5.41, 5.74) is 12.2. The van der Waals surface area contributed by atoms with E-state index in [9.17, 15) is 38.4 Å². The molecule has 0 fully saturated rings. The molecule has 1 atom stereocenters. The van der Waals surface area contributed by atoms with Crippen LogP contribution in [-0.2, 0) is 19.3 Å². The van der Waals surface area contributed by atoms with Gasteiger partial charge in [-0.1, -0.05) is 146 Å². The van der Waals surface area contributed by atoms with Crippen molar-refractivity contribution < 1.29 is 76.3 Å². The van der Waals surface area contributed by atoms with E-state index in [1.54, 1.807) is 136 Å². The minimum absolute atomic E-state index is 0.0739. The summed E-state index contributed by atoms with van der Waals surface area (Å²) in [6.45, 7) is 8.99. The summed E-state index contributed by atoms with van der Waals surface area (Å²) >= 11 is 0. The van der Waals surface area contributed by atoms with Gasteiger partial charge < -0.3 is 37.9 Å². The summed E-state index contributed by atoms with van der Waals surface area (Å²) in [6.07, 6.45) is 1.48. The van der Waals surface area contributed by atoms with Gasteiger partial charge in [-0.15, -0.1) is 0 Å². The van der Waals surface area contributed by atoms with Crippen LogP contribution in [0.2, 0.25) is 0 Å². The van der Waals surface area contributed by atoms with Crippen molar-refractivity contribution in [3.8, 4) is 46.0 Å². The first-order valence-corrected chi connectivity index (χ1v) is 34.3. The second kappa shape index (κ2) is 35.1. The van der Waals surface area contributed by atoms with E-state index in [1.165, 1.54) is 50.2 Å². The maximum atomic E-state index is 13.2. The molecule has 107 heavy (non-hydrogen) atoms. The minimum Gasteiger partial charge on any atom is -0.497 e. The fourth-order valence-corrected chi connectivity index (χ4v) is 11.6. The molecule has 0 heterocycles. The molecule has 0 saturated heterocycles. The van der Waals surface area contributed by atoms with Crippen LogP contribution in [0.4, 0.5) is 0 Å². The highest BCUT2D eigenvalue weighted by Gasteiger charge is 2.21. The van der Waals surface area contributed by atoms with E-state index < -0.39 is 35.8 Å². The van der Waals surface area contributed by atoms with Gasteiger partial charge in [-0.25, -0.2) is 28.8 Å². The third-order valence-electron chi connectivity index (χ3n) is 17.7. The van der Waals surface area contributed by atoms with Crippen molar-refractivity contribution in [1.29, 1.82) is 0 Å². The Bertz CT molecular complexity index is 5220. The summed E-state index contributed by atoms with van der Waals surface area (Å²) in [6, 6.07) is 80.4. The third kappa shape index (κ3) is 19.8. The molecule has 12 aromatic carbocycles. The van der Waals surface area contributed by atoms with Crippen molar-refractivity contribution >= 4 is 47.4 Å². The molecule has 12 aromatic rings. The molecule has 0 aliphatic carbocycles. The molecule has 0 radical (unpaired) electrons. The van der Waals surface area contributed by atoms with Gasteiger partial charge in [0.25, 0.3) is 0 Å². The zero-order valence-electron chi connectivity index (χ0n) is 59.8. The maximum absolute atomic E-state index is 13.2. The van der Waals surface area contributed by atoms with Gasteiger partial charge >= 0.3 is 35.8 Å². The summed E-state index contributed by atoms with van der Waals surface area (Å²) in [5.74, 6) is 0.652. The number of carbonyl (C=O) groups is 8. The van der Waals surface area contributed by atoms with E-state index in [4.69, 9.17) is 37.9 Å². The number of ether oxygens (including phenoxy) is 8. The normalized spacial score (nSPS) is 10.9. The molecule has 0 bridgehead atoms. The highest BCUT2D eigenvalue weighted by Crippen LogP contribution is 2.33. The van der Waals surface area contributed by atoms with Crippen LogP contribution in [0.15, 0.2) is 279 Å². The van der Waals surface area contributed by atoms with Gasteiger partial charge in [0.1, 0.15) is 46.0 Å². The van der Waals surface area contributed by atoms with Crippen LogP contribution in [0.5, 0.6) is 46.0 Å². The van der Waals surface area contributed by atoms with Crippen LogP contribution >= 0.6 is 0 Å². The number of para-hydroxylation sites is 3. The Labute approximate surface area is 619 Å². The van der Waals surface area contributed by atoms with Crippen LogP contribution in [0.3, 0.4) is 0 Å². The van der Waals surface area contributed by atoms with Crippen molar-refractivity contribution in [3.05, 3.63) is 379 Å². The summed E-state index contributed by atoms with van der Waals surface area (Å²) in [5, 5.41) is 0. The third-order valence-corrected chi connectivity index (χ3v) is 17.7. The number of aryl methyl sites for hydroxylation is 2. The standard InChI is InChI=1S/C47H40O8.C44H34O8/c1-29-26-39(18-24-43(29)52-5)31(3)40-19-25-44(30(2)27-40)55-47(51)38-16-14-37(15-17-38)46(50)54-42-22-8-34(9-23-42)28-33-6-20-41(21-7-33)53-45(49)36-12-10-35(11-13-36)32(4)48;1-29(45)31-17-19-32(20-18-31)42(46)51-40-13-7-4-10-36(40)28-37-11-5-8-14-41(37)52-44(48)34-23-21-33(22-24-34)43(47)50-39-12-6-3-9-35(39)27-30-15-25-38(49-2)26-16-30/h6-27,31H,28H2,1-5H3;3-26H,27-28H2,1-2H3. The largest absolute Gasteiger partial charge is 0.497 e. The number of ketones is 2. The molecule has 1 unspecified atom stereocenters. The molecule has 0 spiro atoms. The number of methoxy groups -OCH3 is 2. The number of esters is 6. The van der Waals surface area contributed by atoms with E-state index in [1.807, 2.05) is 123 Å². The average Bonchev–Trinajstić information content (AvgIpc) is 0.825. The molecule has 0 amide bonds. The average molecular weight is 1420 g/mol. The number of carbonyl (C=O) groups excluding carboxylic acids is 8. The van der Waals surface area contributed by atoms with E-state index >= 15 is 0 Å². The number of rotatable bonds is 24. The Kier molecular flexibility index (Phi) is 24.4. The monoisotopic (exact) mass is 1420 g/mol. The highest BCUT2D eigenvalue weighted by molar-refractivity contribution is 5.99. The Morgan fingerprint density at radius 2 is 0.551 bits per heavy atom. The Hall–Kier alpha value is -13.6. The molecule has 0 aliphatic heterocycles. The quantitative estimate of drug-likeness (QED) is 0.0313. The molecule has 12 rings (SSSR count). The fraction of sp³-hybridized carbons (Fsp3) is 0.121. The summed E-state index contributed by atoms with van der Waals surface area (Å²) in [4.78, 5) is 101. The van der Waals surface area contributed by atoms with Crippen molar-refractivity contribution in [2.45, 2.75) is 59.8 Å². The molecule has 0 aliphatic rings. The summed E-state index contributed by atoms with van der Waals surface area (Å²) < 4.78 is 44.7. The number of hydrogen-bond acceptors (Lipinski definition) is 16.